The monoisotopic (exact) mass is 177 g/mol. The van der Waals surface area contributed by atoms with Crippen LogP contribution >= 0.6 is 0 Å². The van der Waals surface area contributed by atoms with Gasteiger partial charge in [0.05, 0.1) is 0 Å². The lowest BCUT2D eigenvalue weighted by molar-refractivity contribution is -0.131. The van der Waals surface area contributed by atoms with Gasteiger partial charge in [0.1, 0.15) is 0 Å². The second-order valence-corrected chi connectivity index (χ2v) is 3.34. The van der Waals surface area contributed by atoms with Gasteiger partial charge in [0.25, 0.3) is 0 Å². The zero-order valence-corrected chi connectivity index (χ0v) is 7.30. The van der Waals surface area contributed by atoms with Gasteiger partial charge in [-0.2, -0.15) is 0 Å². The molecule has 0 spiro atoms. The van der Waals surface area contributed by atoms with Crippen molar-refractivity contribution in [1.82, 2.24) is 5.32 Å². The van der Waals surface area contributed by atoms with E-state index in [0.717, 1.165) is 37.1 Å². The average molecular weight is 177 g/mol. The predicted molar refractivity (Wildman–Crippen MR) is 48.0 cm³/mol. The molecule has 0 atom stereocenters. The lowest BCUT2D eigenvalue weighted by Gasteiger charge is -2.12. The molecule has 0 aromatic rings. The number of nitrogens with one attached hydrogen (secondary N) is 1. The normalized spacial score (nSPS) is 22.5. The van der Waals surface area contributed by atoms with Crippen molar-refractivity contribution in [3.8, 4) is 0 Å². The van der Waals surface area contributed by atoms with Crippen molar-refractivity contribution in [3.05, 3.63) is 23.4 Å². The van der Waals surface area contributed by atoms with E-state index in [4.69, 9.17) is 0 Å². The number of ketones is 2. The van der Waals surface area contributed by atoms with Crippen molar-refractivity contribution in [3.63, 3.8) is 0 Å². The molecule has 0 aromatic heterocycles. The Morgan fingerprint density at radius 1 is 1.08 bits per heavy atom. The number of carbonyl (C=O) groups excluding carboxylic acids is 2. The van der Waals surface area contributed by atoms with Crippen LogP contribution in [0.1, 0.15) is 19.3 Å². The number of rotatable bonds is 0. The average Bonchev–Trinajstić information content (AvgIpc) is 2.31. The van der Waals surface area contributed by atoms with E-state index in [1.54, 1.807) is 0 Å². The van der Waals surface area contributed by atoms with Crippen LogP contribution in [0.3, 0.4) is 0 Å². The summed E-state index contributed by atoms with van der Waals surface area (Å²) in [6.07, 6.45) is 5.96. The Hall–Kier alpha value is -1.38. The summed E-state index contributed by atoms with van der Waals surface area (Å²) in [6, 6.07) is 0. The number of allylic oxidation sites excluding steroid dienone is 3. The summed E-state index contributed by atoms with van der Waals surface area (Å²) in [5, 5.41) is 3.15. The minimum absolute atomic E-state index is 0.387. The molecule has 1 N–H and O–H groups in total. The van der Waals surface area contributed by atoms with Crippen LogP contribution < -0.4 is 5.32 Å². The zero-order chi connectivity index (χ0) is 9.26. The number of hydrogen-bond donors (Lipinski definition) is 1. The molecule has 1 fully saturated rings. The molecular weight excluding hydrogens is 166 g/mol. The summed E-state index contributed by atoms with van der Waals surface area (Å²) >= 11 is 0. The molecule has 0 saturated carbocycles. The van der Waals surface area contributed by atoms with Gasteiger partial charge in [-0.05, 0) is 30.9 Å². The van der Waals surface area contributed by atoms with Crippen molar-refractivity contribution in [2.24, 2.45) is 0 Å². The van der Waals surface area contributed by atoms with Gasteiger partial charge < -0.3 is 5.32 Å². The summed E-state index contributed by atoms with van der Waals surface area (Å²) in [4.78, 5) is 22.1. The molecule has 0 unspecified atom stereocenters. The minimum Gasteiger partial charge on any atom is -0.385 e. The Morgan fingerprint density at radius 3 is 2.69 bits per heavy atom. The van der Waals surface area contributed by atoms with Gasteiger partial charge in [-0.1, -0.05) is 0 Å². The molecule has 2 rings (SSSR count). The van der Waals surface area contributed by atoms with Crippen molar-refractivity contribution in [1.29, 1.82) is 0 Å². The molecule has 0 aromatic carbocycles. The molecular formula is C10H11NO2. The summed E-state index contributed by atoms with van der Waals surface area (Å²) in [7, 11) is 0. The standard InChI is InChI=1S/C10H11NO2/c12-9-5-7-3-1-2-4-11-8(7)6-10(9)13/h5-6,11H,1-4H2. The molecule has 1 aliphatic heterocycles. The summed E-state index contributed by atoms with van der Waals surface area (Å²) < 4.78 is 0. The van der Waals surface area contributed by atoms with E-state index in [-0.39, 0.29) is 5.78 Å². The van der Waals surface area contributed by atoms with E-state index in [1.807, 2.05) is 0 Å². The molecule has 2 aliphatic rings. The first-order valence-electron chi connectivity index (χ1n) is 4.52. The fourth-order valence-corrected chi connectivity index (χ4v) is 1.64. The number of hydrogen-bond acceptors (Lipinski definition) is 3. The van der Waals surface area contributed by atoms with E-state index in [1.165, 1.54) is 12.2 Å². The SMILES string of the molecule is O=C1C=C2CCCCNC2=CC1=O. The van der Waals surface area contributed by atoms with Crippen LogP contribution in [0.4, 0.5) is 0 Å². The topological polar surface area (TPSA) is 46.2 Å². The first-order chi connectivity index (χ1) is 6.27. The van der Waals surface area contributed by atoms with Crippen molar-refractivity contribution < 1.29 is 9.59 Å². The molecule has 0 radical (unpaired) electrons. The number of fused-ring (bicyclic) bond motifs is 1. The molecule has 68 valence electrons. The highest BCUT2D eigenvalue weighted by atomic mass is 16.2. The smallest absolute Gasteiger partial charge is 0.227 e. The van der Waals surface area contributed by atoms with Gasteiger partial charge in [0.15, 0.2) is 0 Å². The third kappa shape index (κ3) is 1.54. The van der Waals surface area contributed by atoms with Crippen LogP contribution in [0.2, 0.25) is 0 Å². The highest BCUT2D eigenvalue weighted by molar-refractivity contribution is 6.46. The minimum atomic E-state index is -0.409. The first kappa shape index (κ1) is 8.23. The van der Waals surface area contributed by atoms with Crippen LogP contribution in [0.25, 0.3) is 0 Å². The van der Waals surface area contributed by atoms with Crippen molar-refractivity contribution >= 4 is 11.6 Å². The van der Waals surface area contributed by atoms with Gasteiger partial charge >= 0.3 is 0 Å². The van der Waals surface area contributed by atoms with Crippen LogP contribution in [0.15, 0.2) is 23.4 Å². The third-order valence-corrected chi connectivity index (χ3v) is 2.36. The largest absolute Gasteiger partial charge is 0.385 e. The van der Waals surface area contributed by atoms with E-state index < -0.39 is 5.78 Å². The molecule has 3 heteroatoms. The lowest BCUT2D eigenvalue weighted by atomic mass is 9.98. The third-order valence-electron chi connectivity index (χ3n) is 2.36. The summed E-state index contributed by atoms with van der Waals surface area (Å²) in [5.41, 5.74) is 1.84. The van der Waals surface area contributed by atoms with Gasteiger partial charge in [-0.25, -0.2) is 0 Å². The summed E-state index contributed by atoms with van der Waals surface area (Å²) in [5.74, 6) is -0.796. The lowest BCUT2D eigenvalue weighted by Crippen LogP contribution is -2.22. The van der Waals surface area contributed by atoms with E-state index in [2.05, 4.69) is 5.32 Å². The molecule has 0 bridgehead atoms. The van der Waals surface area contributed by atoms with Gasteiger partial charge in [-0.15, -0.1) is 0 Å². The molecule has 1 heterocycles. The Kier molecular flexibility index (Phi) is 2.00. The molecule has 1 aliphatic carbocycles. The quantitative estimate of drug-likeness (QED) is 0.438. The van der Waals surface area contributed by atoms with E-state index >= 15 is 0 Å². The molecule has 3 nitrogen and oxygen atoms in total. The van der Waals surface area contributed by atoms with Crippen LogP contribution in [0.5, 0.6) is 0 Å². The van der Waals surface area contributed by atoms with E-state index in [9.17, 15) is 9.59 Å². The Morgan fingerprint density at radius 2 is 1.85 bits per heavy atom. The van der Waals surface area contributed by atoms with Gasteiger partial charge in [0.2, 0.25) is 11.6 Å². The molecule has 1 saturated heterocycles. The second-order valence-electron chi connectivity index (χ2n) is 3.34. The predicted octanol–water partition coefficient (Wildman–Crippen LogP) is 0.722. The van der Waals surface area contributed by atoms with Gasteiger partial charge in [0, 0.05) is 18.3 Å². The van der Waals surface area contributed by atoms with Gasteiger partial charge in [-0.3, -0.25) is 9.59 Å². The maximum absolute atomic E-state index is 11.1. The molecule has 13 heavy (non-hydrogen) atoms. The fourth-order valence-electron chi connectivity index (χ4n) is 1.64. The Labute approximate surface area is 76.5 Å². The maximum Gasteiger partial charge on any atom is 0.227 e. The zero-order valence-electron chi connectivity index (χ0n) is 7.30. The van der Waals surface area contributed by atoms with Crippen LogP contribution in [0, 0.1) is 0 Å². The Bertz CT molecular complexity index is 294. The number of carbonyl (C=O) groups is 2. The highest BCUT2D eigenvalue weighted by Crippen LogP contribution is 2.21. The fraction of sp³-hybridized carbons (Fsp3) is 0.400. The van der Waals surface area contributed by atoms with Crippen molar-refractivity contribution in [2.75, 3.05) is 6.54 Å². The Balaban J connectivity index is 2.32. The second kappa shape index (κ2) is 3.17. The summed E-state index contributed by atoms with van der Waals surface area (Å²) in [6.45, 7) is 0.893. The maximum atomic E-state index is 11.1. The molecule has 0 amide bonds. The van der Waals surface area contributed by atoms with Crippen molar-refractivity contribution in [2.45, 2.75) is 19.3 Å². The first-order valence-corrected chi connectivity index (χ1v) is 4.52. The van der Waals surface area contributed by atoms with E-state index in [0.29, 0.717) is 0 Å². The highest BCUT2D eigenvalue weighted by Gasteiger charge is 2.20. The van der Waals surface area contributed by atoms with Crippen LogP contribution in [-0.2, 0) is 9.59 Å². The van der Waals surface area contributed by atoms with Crippen LogP contribution in [-0.4, -0.2) is 18.1 Å².